The van der Waals surface area contributed by atoms with E-state index in [1.807, 2.05) is 52.8 Å². The van der Waals surface area contributed by atoms with E-state index in [1.165, 1.54) is 0 Å². The minimum absolute atomic E-state index is 0.0277. The molecule has 1 amide bonds. The Labute approximate surface area is 201 Å². The van der Waals surface area contributed by atoms with Crippen molar-refractivity contribution in [3.8, 4) is 5.75 Å². The second-order valence-corrected chi connectivity index (χ2v) is 9.70. The number of hydrogen-bond donors (Lipinski definition) is 0. The normalized spacial score (nSPS) is 20.0. The van der Waals surface area contributed by atoms with Crippen molar-refractivity contribution < 1.29 is 13.9 Å². The molecule has 1 saturated heterocycles. The largest absolute Gasteiger partial charge is 0.480 e. The van der Waals surface area contributed by atoms with Crippen molar-refractivity contribution in [2.45, 2.75) is 38.8 Å². The van der Waals surface area contributed by atoms with E-state index in [-0.39, 0.29) is 23.3 Å². The van der Waals surface area contributed by atoms with E-state index in [1.54, 1.807) is 25.1 Å². The maximum atomic E-state index is 13.4. The molecular formula is C28H26N2O5. The number of amides is 1. The van der Waals surface area contributed by atoms with Crippen LogP contribution in [-0.4, -0.2) is 34.6 Å². The van der Waals surface area contributed by atoms with Crippen LogP contribution in [0.5, 0.6) is 5.75 Å². The number of piperidine rings is 1. The highest BCUT2D eigenvalue weighted by Gasteiger charge is 2.37. The highest BCUT2D eigenvalue weighted by atomic mass is 16.5. The number of benzene rings is 2. The number of hydrogen-bond acceptors (Lipinski definition) is 5. The highest BCUT2D eigenvalue weighted by Crippen LogP contribution is 2.36. The summed E-state index contributed by atoms with van der Waals surface area (Å²) in [6.07, 6.45) is 0.286. The van der Waals surface area contributed by atoms with Crippen molar-refractivity contribution in [3.05, 3.63) is 86.6 Å². The Hall–Kier alpha value is -3.87. The monoisotopic (exact) mass is 470 g/mol. The third-order valence-corrected chi connectivity index (χ3v) is 7.43. The molecule has 7 nitrogen and oxygen atoms in total. The van der Waals surface area contributed by atoms with Crippen molar-refractivity contribution >= 4 is 27.6 Å². The maximum absolute atomic E-state index is 13.4. The van der Waals surface area contributed by atoms with Crippen LogP contribution >= 0.6 is 0 Å². The molecular weight excluding hydrogens is 444 g/mol. The number of nitrogens with zero attached hydrogens (tertiary/aromatic N) is 2. The average molecular weight is 471 g/mol. The number of aryl methyl sites for hydroxylation is 1. The van der Waals surface area contributed by atoms with Crippen molar-refractivity contribution in [1.29, 1.82) is 0 Å². The number of ether oxygens (including phenoxy) is 1. The van der Waals surface area contributed by atoms with E-state index in [2.05, 4.69) is 0 Å². The van der Waals surface area contributed by atoms with Crippen LogP contribution in [0, 0.1) is 12.8 Å². The van der Waals surface area contributed by atoms with Crippen LogP contribution < -0.4 is 15.9 Å². The zero-order chi connectivity index (χ0) is 24.3. The van der Waals surface area contributed by atoms with Gasteiger partial charge in [-0.2, -0.15) is 0 Å². The van der Waals surface area contributed by atoms with Crippen molar-refractivity contribution in [2.24, 2.45) is 5.92 Å². The Kier molecular flexibility index (Phi) is 5.02. The van der Waals surface area contributed by atoms with E-state index in [0.29, 0.717) is 41.9 Å². The summed E-state index contributed by atoms with van der Waals surface area (Å²) in [5.74, 6) is 0.844. The van der Waals surface area contributed by atoms with Crippen molar-refractivity contribution in [2.75, 3.05) is 13.1 Å². The third kappa shape index (κ3) is 3.53. The molecule has 35 heavy (non-hydrogen) atoms. The minimum Gasteiger partial charge on any atom is -0.480 e. The number of likely N-dealkylation sites (tertiary alicyclic amines) is 1. The Bertz CT molecular complexity index is 1600. The average Bonchev–Trinajstić information content (AvgIpc) is 2.86. The Morgan fingerprint density at radius 3 is 2.60 bits per heavy atom. The molecule has 2 aliphatic rings. The first-order valence-corrected chi connectivity index (χ1v) is 12.0. The van der Waals surface area contributed by atoms with Gasteiger partial charge in [-0.1, -0.05) is 24.3 Å². The lowest BCUT2D eigenvalue weighted by atomic mass is 9.83. The molecule has 0 N–H and O–H groups in total. The summed E-state index contributed by atoms with van der Waals surface area (Å²) >= 11 is 0. The third-order valence-electron chi connectivity index (χ3n) is 7.43. The molecule has 0 spiro atoms. The van der Waals surface area contributed by atoms with Gasteiger partial charge in [0.15, 0.2) is 6.10 Å². The van der Waals surface area contributed by atoms with Gasteiger partial charge in [-0.25, -0.2) is 4.79 Å². The second kappa shape index (κ2) is 8.12. The standard InChI is InChI=1S/C28H26N2O5/c1-16-24(11-10-21-20-6-3-4-7-22(20)28(33)35-26(16)21)34-17(2)27(32)29-13-18-12-19(15-29)23-8-5-9-25(31)30(23)14-18/h3-11,17-19H,12-15H2,1-2H3/t17?,18-,19+/m1/s1. The van der Waals surface area contributed by atoms with E-state index >= 15 is 0 Å². The summed E-state index contributed by atoms with van der Waals surface area (Å²) < 4.78 is 13.6. The van der Waals surface area contributed by atoms with Gasteiger partial charge in [-0.05, 0) is 55.8 Å². The van der Waals surface area contributed by atoms with Crippen LogP contribution in [0.25, 0.3) is 21.7 Å². The number of fused-ring (bicyclic) bond motifs is 7. The molecule has 4 aromatic rings. The van der Waals surface area contributed by atoms with Crippen LogP contribution in [-0.2, 0) is 11.3 Å². The lowest BCUT2D eigenvalue weighted by molar-refractivity contribution is -0.140. The van der Waals surface area contributed by atoms with Gasteiger partial charge in [0.2, 0.25) is 0 Å². The van der Waals surface area contributed by atoms with Gasteiger partial charge in [0, 0.05) is 48.3 Å². The molecule has 6 rings (SSSR count). The molecule has 0 saturated carbocycles. The summed E-state index contributed by atoms with van der Waals surface area (Å²) in [5.41, 5.74) is 1.80. The number of carbonyl (C=O) groups excluding carboxylic acids is 1. The van der Waals surface area contributed by atoms with Gasteiger partial charge in [0.25, 0.3) is 11.5 Å². The first-order valence-electron chi connectivity index (χ1n) is 12.0. The van der Waals surface area contributed by atoms with E-state index in [9.17, 15) is 14.4 Å². The van der Waals surface area contributed by atoms with Gasteiger partial charge in [0.05, 0.1) is 5.39 Å². The molecule has 0 radical (unpaired) electrons. The SMILES string of the molecule is Cc1c(OC(C)C(=O)N2C[C@H]3C[C@@H](C2)c2cccc(=O)n2C3)ccc2c1oc(=O)c1ccccc12. The Morgan fingerprint density at radius 2 is 1.77 bits per heavy atom. The maximum Gasteiger partial charge on any atom is 0.344 e. The van der Waals surface area contributed by atoms with Crippen LogP contribution in [0.3, 0.4) is 0 Å². The molecule has 3 atom stereocenters. The summed E-state index contributed by atoms with van der Waals surface area (Å²) in [6.45, 7) is 5.42. The molecule has 4 heterocycles. The zero-order valence-electron chi connectivity index (χ0n) is 19.7. The van der Waals surface area contributed by atoms with E-state index < -0.39 is 11.7 Å². The van der Waals surface area contributed by atoms with Crippen LogP contribution in [0.2, 0.25) is 0 Å². The predicted octanol–water partition coefficient (Wildman–Crippen LogP) is 3.83. The summed E-state index contributed by atoms with van der Waals surface area (Å²) in [6, 6.07) is 16.5. The predicted molar refractivity (Wildman–Crippen MR) is 133 cm³/mol. The number of rotatable bonds is 3. The molecule has 0 aliphatic carbocycles. The fourth-order valence-corrected chi connectivity index (χ4v) is 5.76. The van der Waals surface area contributed by atoms with Crippen LogP contribution in [0.4, 0.5) is 0 Å². The van der Waals surface area contributed by atoms with Crippen molar-refractivity contribution in [3.63, 3.8) is 0 Å². The fraction of sp³-hybridized carbons (Fsp3) is 0.321. The molecule has 1 unspecified atom stereocenters. The number of pyridine rings is 1. The van der Waals surface area contributed by atoms with Crippen molar-refractivity contribution in [1.82, 2.24) is 9.47 Å². The highest BCUT2D eigenvalue weighted by molar-refractivity contribution is 6.05. The Morgan fingerprint density at radius 1 is 0.971 bits per heavy atom. The minimum atomic E-state index is -0.699. The molecule has 2 aliphatic heterocycles. The molecule has 2 aromatic heterocycles. The summed E-state index contributed by atoms with van der Waals surface area (Å²) in [7, 11) is 0. The molecule has 178 valence electrons. The molecule has 7 heteroatoms. The smallest absolute Gasteiger partial charge is 0.344 e. The van der Waals surface area contributed by atoms with Gasteiger partial charge in [-0.3, -0.25) is 9.59 Å². The zero-order valence-corrected chi connectivity index (χ0v) is 19.7. The lowest BCUT2D eigenvalue weighted by Gasteiger charge is -2.43. The molecule has 2 bridgehead atoms. The Balaban J connectivity index is 1.26. The van der Waals surface area contributed by atoms with E-state index in [4.69, 9.17) is 9.15 Å². The first-order chi connectivity index (χ1) is 16.9. The quantitative estimate of drug-likeness (QED) is 0.336. The summed E-state index contributed by atoms with van der Waals surface area (Å²) in [4.78, 5) is 40.0. The van der Waals surface area contributed by atoms with Gasteiger partial charge in [-0.15, -0.1) is 0 Å². The number of aromatic nitrogens is 1. The summed E-state index contributed by atoms with van der Waals surface area (Å²) in [5, 5.41) is 2.20. The molecule has 1 fully saturated rings. The van der Waals surface area contributed by atoms with Crippen LogP contribution in [0.15, 0.2) is 68.6 Å². The van der Waals surface area contributed by atoms with E-state index in [0.717, 1.165) is 22.9 Å². The topological polar surface area (TPSA) is 81.8 Å². The number of carbonyl (C=O) groups is 1. The molecule has 2 aromatic carbocycles. The van der Waals surface area contributed by atoms with Gasteiger partial charge in [0.1, 0.15) is 11.3 Å². The lowest BCUT2D eigenvalue weighted by Crippen LogP contribution is -2.52. The first kappa shape index (κ1) is 21.6. The van der Waals surface area contributed by atoms with Crippen LogP contribution in [0.1, 0.15) is 30.5 Å². The fourth-order valence-electron chi connectivity index (χ4n) is 5.76. The van der Waals surface area contributed by atoms with Gasteiger partial charge < -0.3 is 18.6 Å². The second-order valence-electron chi connectivity index (χ2n) is 9.70. The van der Waals surface area contributed by atoms with Gasteiger partial charge >= 0.3 is 5.63 Å².